The summed E-state index contributed by atoms with van der Waals surface area (Å²) in [7, 11) is 7.65. The van der Waals surface area contributed by atoms with Crippen molar-refractivity contribution in [3.63, 3.8) is 0 Å². The molecule has 158 valence electrons. The monoisotopic (exact) mass is 423 g/mol. The third kappa shape index (κ3) is 4.27. The predicted octanol–water partition coefficient (Wildman–Crippen LogP) is 2.16. The zero-order valence-electron chi connectivity index (χ0n) is 18.1. The molecule has 4 rings (SSSR count). The first kappa shape index (κ1) is 21.4. The van der Waals surface area contributed by atoms with Crippen molar-refractivity contribution in [3.05, 3.63) is 66.0 Å². The Bertz CT molecular complexity index is 1290. The maximum absolute atomic E-state index is 12.2. The molecule has 0 unspecified atom stereocenters. The number of pyridine rings is 1. The van der Waals surface area contributed by atoms with Gasteiger partial charge < -0.3 is 10.6 Å². The summed E-state index contributed by atoms with van der Waals surface area (Å²) in [6.45, 7) is 4.50. The number of amides is 1. The number of hydrogen-bond donors (Lipinski definition) is 2. The number of fused-ring (bicyclic) bond motifs is 1. The van der Waals surface area contributed by atoms with Gasteiger partial charge in [0.2, 0.25) is 0 Å². The Labute approximate surface area is 187 Å². The first-order valence-electron chi connectivity index (χ1n) is 10.2. The Morgan fingerprint density at radius 2 is 2.00 bits per heavy atom. The number of carbonyl (C=O) groups excluding carboxylic acids is 1. The van der Waals surface area contributed by atoms with Crippen LogP contribution in [-0.2, 0) is 0 Å². The lowest BCUT2D eigenvalue weighted by Crippen LogP contribution is -2.18. The minimum absolute atomic E-state index is 0.109. The number of carbonyl (C=O) groups is 1. The maximum atomic E-state index is 12.2. The Hall–Kier alpha value is -3.88. The number of aryl methyl sites for hydroxylation is 1. The summed E-state index contributed by atoms with van der Waals surface area (Å²) in [5, 5.41) is 6.87. The van der Waals surface area contributed by atoms with Gasteiger partial charge in [0.1, 0.15) is 25.8 Å². The van der Waals surface area contributed by atoms with Crippen molar-refractivity contribution < 1.29 is 4.79 Å². The highest BCUT2D eigenvalue weighted by molar-refractivity contribution is 6.34. The van der Waals surface area contributed by atoms with E-state index in [1.54, 1.807) is 32.4 Å². The van der Waals surface area contributed by atoms with Gasteiger partial charge >= 0.3 is 0 Å². The van der Waals surface area contributed by atoms with Crippen molar-refractivity contribution in [3.8, 4) is 11.3 Å². The fourth-order valence-electron chi connectivity index (χ4n) is 3.58. The van der Waals surface area contributed by atoms with Gasteiger partial charge in [-0.05, 0) is 18.6 Å². The van der Waals surface area contributed by atoms with Crippen LogP contribution in [0.4, 0.5) is 5.82 Å². The van der Waals surface area contributed by atoms with Crippen LogP contribution in [0, 0.1) is 6.92 Å². The number of nitrogens with one attached hydrogen (secondary N) is 2. The van der Waals surface area contributed by atoms with Crippen molar-refractivity contribution in [1.82, 2.24) is 30.2 Å². The molecule has 32 heavy (non-hydrogen) atoms. The normalized spacial score (nSPS) is 11.8. The molecule has 0 aliphatic rings. The summed E-state index contributed by atoms with van der Waals surface area (Å²) in [6, 6.07) is 9.45. The van der Waals surface area contributed by atoms with E-state index in [2.05, 4.69) is 42.5 Å². The van der Waals surface area contributed by atoms with Gasteiger partial charge in [0.15, 0.2) is 0 Å². The van der Waals surface area contributed by atoms with E-state index in [0.717, 1.165) is 16.5 Å². The summed E-state index contributed by atoms with van der Waals surface area (Å²) in [5.41, 5.74) is 4.16. The van der Waals surface area contributed by atoms with Crippen LogP contribution in [0.5, 0.6) is 0 Å². The zero-order valence-corrected chi connectivity index (χ0v) is 18.1. The van der Waals surface area contributed by atoms with Gasteiger partial charge in [-0.2, -0.15) is 0 Å². The average Bonchev–Trinajstić information content (AvgIpc) is 2.81. The third-order valence-corrected chi connectivity index (χ3v) is 5.28. The molecule has 2 radical (unpaired) electrons. The van der Waals surface area contributed by atoms with E-state index < -0.39 is 0 Å². The number of anilines is 1. The van der Waals surface area contributed by atoms with E-state index in [-0.39, 0.29) is 11.8 Å². The fourth-order valence-corrected chi connectivity index (χ4v) is 3.58. The lowest BCUT2D eigenvalue weighted by atomic mass is 9.95. The molecule has 2 N–H and O–H groups in total. The molecule has 0 aliphatic carbocycles. The maximum Gasteiger partial charge on any atom is 0.251 e. The SMILES string of the molecule is [B]c1nc(C)ncc1-c1cc(NC[C@@H](C)c2cccc3c(C(=O)NC)ccnc23)ncn1. The molecule has 3 heterocycles. The number of rotatable bonds is 6. The van der Waals surface area contributed by atoms with Crippen molar-refractivity contribution in [1.29, 1.82) is 0 Å². The summed E-state index contributed by atoms with van der Waals surface area (Å²) in [6.07, 6.45) is 4.82. The van der Waals surface area contributed by atoms with Gasteiger partial charge in [0, 0.05) is 54.5 Å². The first-order chi connectivity index (χ1) is 15.5. The molecular formula is C23H22BN7O. The van der Waals surface area contributed by atoms with E-state index in [1.165, 1.54) is 6.33 Å². The van der Waals surface area contributed by atoms with Crippen LogP contribution in [0.2, 0.25) is 0 Å². The minimum Gasteiger partial charge on any atom is -0.369 e. The van der Waals surface area contributed by atoms with Crippen LogP contribution in [0.25, 0.3) is 22.2 Å². The molecule has 1 aromatic carbocycles. The van der Waals surface area contributed by atoms with Crippen LogP contribution in [-0.4, -0.2) is 52.3 Å². The molecule has 3 aromatic heterocycles. The standard InChI is InChI=1S/C23H22BN7O/c1-13(15-5-4-6-16-17(23(32)25-3)7-8-26-21(15)16)10-28-20-9-19(29-12-30-20)18-11-27-14(2)31-22(18)24/h4-9,11-13H,10H2,1-3H3,(H,25,32)(H,28,29,30)/t13-/m1/s1. The summed E-state index contributed by atoms with van der Waals surface area (Å²) < 4.78 is 0. The van der Waals surface area contributed by atoms with Gasteiger partial charge in [-0.15, -0.1) is 0 Å². The molecule has 9 heteroatoms. The Kier molecular flexibility index (Phi) is 6.07. The van der Waals surface area contributed by atoms with E-state index in [0.29, 0.717) is 40.6 Å². The van der Waals surface area contributed by atoms with E-state index in [9.17, 15) is 4.79 Å². The molecule has 1 amide bonds. The van der Waals surface area contributed by atoms with E-state index in [4.69, 9.17) is 7.85 Å². The number of hydrogen-bond acceptors (Lipinski definition) is 7. The molecule has 0 spiro atoms. The van der Waals surface area contributed by atoms with Gasteiger partial charge in [-0.3, -0.25) is 9.78 Å². The lowest BCUT2D eigenvalue weighted by Gasteiger charge is -2.16. The fraction of sp³-hybridized carbons (Fsp3) is 0.217. The highest BCUT2D eigenvalue weighted by atomic mass is 16.1. The second kappa shape index (κ2) is 9.09. The summed E-state index contributed by atoms with van der Waals surface area (Å²) in [5.74, 6) is 1.25. The number of nitrogens with zero attached hydrogens (tertiary/aromatic N) is 5. The topological polar surface area (TPSA) is 106 Å². The minimum atomic E-state index is -0.131. The summed E-state index contributed by atoms with van der Waals surface area (Å²) in [4.78, 5) is 33.8. The van der Waals surface area contributed by atoms with Crippen molar-refractivity contribution in [2.24, 2.45) is 0 Å². The molecule has 4 aromatic rings. The molecule has 0 fully saturated rings. The molecule has 1 atom stereocenters. The summed E-state index contributed by atoms with van der Waals surface area (Å²) >= 11 is 0. The van der Waals surface area contributed by atoms with E-state index in [1.807, 2.05) is 24.3 Å². The third-order valence-electron chi connectivity index (χ3n) is 5.28. The Morgan fingerprint density at radius 3 is 2.78 bits per heavy atom. The number of para-hydroxylation sites is 1. The quantitative estimate of drug-likeness (QED) is 0.458. The smallest absolute Gasteiger partial charge is 0.251 e. The van der Waals surface area contributed by atoms with Crippen molar-refractivity contribution >= 4 is 36.1 Å². The van der Waals surface area contributed by atoms with Crippen LogP contribution >= 0.6 is 0 Å². The molecular weight excluding hydrogens is 401 g/mol. The number of benzene rings is 1. The Balaban J connectivity index is 1.56. The second-order valence-electron chi connectivity index (χ2n) is 7.47. The van der Waals surface area contributed by atoms with Gasteiger partial charge in [-0.1, -0.05) is 25.1 Å². The van der Waals surface area contributed by atoms with Gasteiger partial charge in [0.25, 0.3) is 5.91 Å². The average molecular weight is 423 g/mol. The lowest BCUT2D eigenvalue weighted by molar-refractivity contribution is 0.0964. The van der Waals surface area contributed by atoms with Crippen LogP contribution < -0.4 is 16.2 Å². The Morgan fingerprint density at radius 1 is 1.16 bits per heavy atom. The highest BCUT2D eigenvalue weighted by Crippen LogP contribution is 2.26. The molecule has 0 saturated carbocycles. The molecule has 0 bridgehead atoms. The molecule has 0 saturated heterocycles. The zero-order chi connectivity index (χ0) is 22.7. The van der Waals surface area contributed by atoms with Crippen molar-refractivity contribution in [2.45, 2.75) is 19.8 Å². The molecule has 0 aliphatic heterocycles. The van der Waals surface area contributed by atoms with Crippen LogP contribution in [0.15, 0.2) is 49.1 Å². The van der Waals surface area contributed by atoms with E-state index >= 15 is 0 Å². The largest absolute Gasteiger partial charge is 0.369 e. The van der Waals surface area contributed by atoms with Crippen LogP contribution in [0.1, 0.15) is 34.6 Å². The predicted molar refractivity (Wildman–Crippen MR) is 125 cm³/mol. The molecule has 8 nitrogen and oxygen atoms in total. The highest BCUT2D eigenvalue weighted by Gasteiger charge is 2.15. The van der Waals surface area contributed by atoms with Crippen LogP contribution in [0.3, 0.4) is 0 Å². The van der Waals surface area contributed by atoms with Gasteiger partial charge in [0.05, 0.1) is 16.8 Å². The first-order valence-corrected chi connectivity index (χ1v) is 10.2. The second-order valence-corrected chi connectivity index (χ2v) is 7.47. The number of aromatic nitrogens is 5. The van der Waals surface area contributed by atoms with Crippen molar-refractivity contribution in [2.75, 3.05) is 18.9 Å². The van der Waals surface area contributed by atoms with Gasteiger partial charge in [-0.25, -0.2) is 19.9 Å².